The standard InChI is InChI=1S/C25H24Cl2N4O3/c1-4-7-19-20(24(33)31(28-19)16-9-10-17(26)18(27)13-16)21-22(29-12-6-8-15(3)14-29)25(34)30(11-5-2)23(21)32/h6,8-10,12-14H,4-5,7,11H2,1-3H3. The first kappa shape index (κ1) is 24.0. The van der Waals surface area contributed by atoms with Crippen LogP contribution in [-0.2, 0) is 16.0 Å². The van der Waals surface area contributed by atoms with Crippen molar-refractivity contribution < 1.29 is 19.3 Å². The van der Waals surface area contributed by atoms with Gasteiger partial charge in [-0.3, -0.25) is 14.5 Å². The van der Waals surface area contributed by atoms with Gasteiger partial charge >= 0.3 is 5.91 Å². The number of imide groups is 1. The summed E-state index contributed by atoms with van der Waals surface area (Å²) >= 11 is 12.2. The zero-order valence-corrected chi connectivity index (χ0v) is 20.7. The van der Waals surface area contributed by atoms with E-state index in [1.807, 2.05) is 26.8 Å². The Labute approximate surface area is 207 Å². The van der Waals surface area contributed by atoms with Crippen LogP contribution in [0.1, 0.15) is 43.5 Å². The van der Waals surface area contributed by atoms with Gasteiger partial charge in [0.2, 0.25) is 0 Å². The van der Waals surface area contributed by atoms with Crippen LogP contribution in [0.5, 0.6) is 5.88 Å². The summed E-state index contributed by atoms with van der Waals surface area (Å²) in [4.78, 5) is 28.2. The van der Waals surface area contributed by atoms with E-state index in [9.17, 15) is 14.7 Å². The van der Waals surface area contributed by atoms with E-state index < -0.39 is 17.7 Å². The first-order chi connectivity index (χ1) is 16.3. The zero-order valence-electron chi connectivity index (χ0n) is 19.1. The first-order valence-electron chi connectivity index (χ1n) is 11.1. The summed E-state index contributed by atoms with van der Waals surface area (Å²) in [5.41, 5.74) is 2.17. The van der Waals surface area contributed by atoms with Gasteiger partial charge in [-0.05, 0) is 49.9 Å². The second-order valence-electron chi connectivity index (χ2n) is 8.16. The number of aryl methyl sites for hydroxylation is 2. The number of aromatic nitrogens is 3. The maximum Gasteiger partial charge on any atom is 0.326 e. The maximum absolute atomic E-state index is 13.7. The zero-order chi connectivity index (χ0) is 24.6. The summed E-state index contributed by atoms with van der Waals surface area (Å²) in [5, 5.41) is 18.9. The lowest BCUT2D eigenvalue weighted by Gasteiger charge is -2.15. The largest absolute Gasteiger partial charge is 0.858 e. The minimum Gasteiger partial charge on any atom is -0.858 e. The van der Waals surface area contributed by atoms with Gasteiger partial charge in [0.05, 0.1) is 21.4 Å². The van der Waals surface area contributed by atoms with E-state index in [4.69, 9.17) is 23.2 Å². The third-order valence-corrected chi connectivity index (χ3v) is 6.34. The molecule has 2 aromatic heterocycles. The lowest BCUT2D eigenvalue weighted by molar-refractivity contribution is -0.577. The number of hydrogen-bond donors (Lipinski definition) is 0. The molecule has 176 valence electrons. The van der Waals surface area contributed by atoms with Crippen LogP contribution in [0.4, 0.5) is 0 Å². The topological polar surface area (TPSA) is 82.1 Å². The van der Waals surface area contributed by atoms with Crippen LogP contribution in [-0.4, -0.2) is 33.0 Å². The van der Waals surface area contributed by atoms with Crippen molar-refractivity contribution in [2.24, 2.45) is 0 Å². The summed E-state index contributed by atoms with van der Waals surface area (Å²) in [7, 11) is 0. The summed E-state index contributed by atoms with van der Waals surface area (Å²) in [6.45, 7) is 6.00. The van der Waals surface area contributed by atoms with Crippen molar-refractivity contribution in [1.29, 1.82) is 0 Å². The van der Waals surface area contributed by atoms with Crippen molar-refractivity contribution in [3.63, 3.8) is 0 Å². The van der Waals surface area contributed by atoms with Gasteiger partial charge in [0, 0.05) is 23.7 Å². The monoisotopic (exact) mass is 498 g/mol. The molecule has 7 nitrogen and oxygen atoms in total. The molecule has 0 bridgehead atoms. The van der Waals surface area contributed by atoms with Crippen LogP contribution in [0.3, 0.4) is 0 Å². The van der Waals surface area contributed by atoms with E-state index in [0.717, 1.165) is 5.56 Å². The molecule has 3 heterocycles. The minimum atomic E-state index is -0.487. The third kappa shape index (κ3) is 4.10. The number of halogens is 2. The smallest absolute Gasteiger partial charge is 0.326 e. The molecule has 0 fully saturated rings. The first-order valence-corrected chi connectivity index (χ1v) is 11.9. The van der Waals surface area contributed by atoms with Crippen LogP contribution in [0, 0.1) is 6.92 Å². The molecule has 3 aromatic rings. The van der Waals surface area contributed by atoms with Gasteiger partial charge in [-0.15, -0.1) is 0 Å². The predicted molar refractivity (Wildman–Crippen MR) is 129 cm³/mol. The van der Waals surface area contributed by atoms with Gasteiger partial charge in [-0.1, -0.05) is 43.5 Å². The molecule has 2 amide bonds. The van der Waals surface area contributed by atoms with Crippen molar-refractivity contribution in [3.8, 4) is 11.6 Å². The molecule has 4 rings (SSSR count). The highest BCUT2D eigenvalue weighted by atomic mass is 35.5. The Morgan fingerprint density at radius 1 is 1.06 bits per heavy atom. The lowest BCUT2D eigenvalue weighted by atomic mass is 10.0. The number of hydrogen-bond acceptors (Lipinski definition) is 4. The summed E-state index contributed by atoms with van der Waals surface area (Å²) in [6.07, 6.45) is 5.24. The summed E-state index contributed by atoms with van der Waals surface area (Å²) in [5.74, 6) is -1.40. The molecule has 1 aromatic carbocycles. The molecule has 0 unspecified atom stereocenters. The average Bonchev–Trinajstić information content (AvgIpc) is 3.24. The predicted octanol–water partition coefficient (Wildman–Crippen LogP) is 3.95. The van der Waals surface area contributed by atoms with Gasteiger partial charge in [0.15, 0.2) is 12.4 Å². The summed E-state index contributed by atoms with van der Waals surface area (Å²) in [6, 6.07) is 8.46. The van der Waals surface area contributed by atoms with Gasteiger partial charge in [0.25, 0.3) is 11.6 Å². The highest BCUT2D eigenvalue weighted by Gasteiger charge is 2.46. The Bertz CT molecular complexity index is 1330. The van der Waals surface area contributed by atoms with Crippen LogP contribution < -0.4 is 9.67 Å². The minimum absolute atomic E-state index is 0.0776. The molecule has 0 atom stereocenters. The fraction of sp³-hybridized carbons (Fsp3) is 0.280. The Hall–Kier alpha value is -3.16. The fourth-order valence-corrected chi connectivity index (χ4v) is 4.38. The number of nitrogens with zero attached hydrogens (tertiary/aromatic N) is 4. The van der Waals surface area contributed by atoms with Gasteiger partial charge < -0.3 is 5.11 Å². The van der Waals surface area contributed by atoms with Gasteiger partial charge in [-0.2, -0.15) is 9.67 Å². The van der Waals surface area contributed by atoms with E-state index in [1.54, 1.807) is 41.2 Å². The van der Waals surface area contributed by atoms with Gasteiger partial charge in [-0.25, -0.2) is 4.68 Å². The Morgan fingerprint density at radius 3 is 2.47 bits per heavy atom. The van der Waals surface area contributed by atoms with E-state index in [0.29, 0.717) is 35.7 Å². The van der Waals surface area contributed by atoms with Crippen LogP contribution >= 0.6 is 23.2 Å². The molecule has 1 aliphatic rings. The Balaban J connectivity index is 2.00. The molecule has 0 N–H and O–H groups in total. The molecule has 0 radical (unpaired) electrons. The second-order valence-corrected chi connectivity index (χ2v) is 8.98. The quantitative estimate of drug-likeness (QED) is 0.364. The Morgan fingerprint density at radius 2 is 1.82 bits per heavy atom. The SMILES string of the molecule is CCCc1nn(-c2ccc(Cl)c(Cl)c2)c([O-])c1C1=C([n+]2cccc(C)c2)C(=O)N(CCC)C1=O. The van der Waals surface area contributed by atoms with E-state index in [2.05, 4.69) is 5.10 Å². The number of rotatable bonds is 7. The highest BCUT2D eigenvalue weighted by Crippen LogP contribution is 2.38. The van der Waals surface area contributed by atoms with Crippen molar-refractivity contribution >= 4 is 46.3 Å². The number of carbonyl (C=O) groups excluding carboxylic acids is 2. The molecule has 0 aliphatic carbocycles. The normalized spacial score (nSPS) is 14.0. The highest BCUT2D eigenvalue weighted by molar-refractivity contribution is 6.45. The lowest BCUT2D eigenvalue weighted by Crippen LogP contribution is -2.40. The van der Waals surface area contributed by atoms with E-state index in [1.165, 1.54) is 9.58 Å². The molecule has 0 saturated heterocycles. The number of amides is 2. The van der Waals surface area contributed by atoms with Gasteiger partial charge in [0.1, 0.15) is 5.57 Å². The van der Waals surface area contributed by atoms with Crippen molar-refractivity contribution in [1.82, 2.24) is 14.7 Å². The van der Waals surface area contributed by atoms with E-state index >= 15 is 0 Å². The molecular weight excluding hydrogens is 475 g/mol. The van der Waals surface area contributed by atoms with E-state index in [-0.39, 0.29) is 28.4 Å². The van der Waals surface area contributed by atoms with Crippen molar-refractivity contribution in [2.75, 3.05) is 6.54 Å². The average molecular weight is 499 g/mol. The molecule has 9 heteroatoms. The fourth-order valence-electron chi connectivity index (χ4n) is 4.09. The van der Waals surface area contributed by atoms with Crippen LogP contribution in [0.2, 0.25) is 10.0 Å². The number of pyridine rings is 1. The van der Waals surface area contributed by atoms with Crippen molar-refractivity contribution in [3.05, 3.63) is 69.6 Å². The van der Waals surface area contributed by atoms with Crippen LogP contribution in [0.15, 0.2) is 42.7 Å². The molecule has 1 aliphatic heterocycles. The number of carbonyl (C=O) groups is 2. The third-order valence-electron chi connectivity index (χ3n) is 5.60. The van der Waals surface area contributed by atoms with Crippen molar-refractivity contribution in [2.45, 2.75) is 40.0 Å². The second kappa shape index (κ2) is 9.60. The van der Waals surface area contributed by atoms with Crippen LogP contribution in [0.25, 0.3) is 17.0 Å². The molecule has 0 spiro atoms. The number of benzene rings is 1. The Kier molecular flexibility index (Phi) is 6.77. The molecule has 34 heavy (non-hydrogen) atoms. The maximum atomic E-state index is 13.7. The molecular formula is C25H24Cl2N4O3. The summed E-state index contributed by atoms with van der Waals surface area (Å²) < 4.78 is 2.83. The molecule has 0 saturated carbocycles.